The van der Waals surface area contributed by atoms with Crippen LogP contribution in [-0.4, -0.2) is 41.3 Å². The third kappa shape index (κ3) is 4.69. The molecule has 1 N–H and O–H groups in total. The summed E-state index contributed by atoms with van der Waals surface area (Å²) in [6.45, 7) is 1.19. The summed E-state index contributed by atoms with van der Waals surface area (Å²) in [5.74, 6) is -0.904. The highest BCUT2D eigenvalue weighted by molar-refractivity contribution is 5.74. The van der Waals surface area contributed by atoms with Gasteiger partial charge in [0, 0.05) is 25.6 Å². The Morgan fingerprint density at radius 3 is 2.48 bits per heavy atom. The monoisotopic (exact) mass is 384 g/mol. The number of methoxy groups -OCH3 is 1. The number of hydrogen-bond acceptors (Lipinski definition) is 5. The van der Waals surface area contributed by atoms with Crippen LogP contribution in [0.1, 0.15) is 36.1 Å². The number of piperidine rings is 1. The van der Waals surface area contributed by atoms with Crippen molar-refractivity contribution in [3.63, 3.8) is 0 Å². The molecule has 0 aliphatic carbocycles. The summed E-state index contributed by atoms with van der Waals surface area (Å²) in [5.41, 5.74) is 0.935. The minimum Gasteiger partial charge on any atom is -0.497 e. The number of carbonyl (C=O) groups excluding carboxylic acids is 1. The Morgan fingerprint density at radius 2 is 1.93 bits per heavy atom. The molecule has 1 aromatic heterocycles. The molecule has 2 heterocycles. The van der Waals surface area contributed by atoms with Crippen LogP contribution >= 0.6 is 0 Å². The topological polar surface area (TPSA) is 80.5 Å². The maximum absolute atomic E-state index is 12.5. The Kier molecular flexibility index (Phi) is 5.52. The zero-order valence-corrected chi connectivity index (χ0v) is 14.6. The molecule has 1 aromatic carbocycles. The molecule has 2 amide bonds. The number of nitrogens with zero attached hydrogens (tertiary/aromatic N) is 3. The van der Waals surface area contributed by atoms with Crippen molar-refractivity contribution in [2.75, 3.05) is 20.2 Å². The van der Waals surface area contributed by atoms with Crippen LogP contribution < -0.4 is 10.1 Å². The second-order valence-corrected chi connectivity index (χ2v) is 6.21. The largest absolute Gasteiger partial charge is 0.497 e. The van der Waals surface area contributed by atoms with Gasteiger partial charge in [0.05, 0.1) is 7.11 Å². The van der Waals surface area contributed by atoms with Gasteiger partial charge in [-0.3, -0.25) is 0 Å². The second-order valence-electron chi connectivity index (χ2n) is 6.21. The standard InChI is InChI=1S/C17H19F3N4O3/c1-26-13-4-2-11(3-5-13)10-21-16(25)24-8-6-12(7-9-24)14-22-23-15(27-14)17(18,19)20/h2-5,12H,6-10H2,1H3,(H,21,25). The first kappa shape index (κ1) is 19.0. The van der Waals surface area contributed by atoms with E-state index in [0.717, 1.165) is 11.3 Å². The van der Waals surface area contributed by atoms with Gasteiger partial charge in [-0.2, -0.15) is 13.2 Å². The Balaban J connectivity index is 1.48. The van der Waals surface area contributed by atoms with Gasteiger partial charge < -0.3 is 19.4 Å². The van der Waals surface area contributed by atoms with Crippen molar-refractivity contribution in [1.82, 2.24) is 20.4 Å². The summed E-state index contributed by atoms with van der Waals surface area (Å²) in [6, 6.07) is 7.13. The van der Waals surface area contributed by atoms with Crippen LogP contribution in [0.25, 0.3) is 0 Å². The zero-order chi connectivity index (χ0) is 19.4. The van der Waals surface area contributed by atoms with E-state index in [1.165, 1.54) is 0 Å². The molecule has 3 rings (SSSR count). The SMILES string of the molecule is COc1ccc(CNC(=O)N2CCC(c3nnc(C(F)(F)F)o3)CC2)cc1. The van der Waals surface area contributed by atoms with E-state index in [4.69, 9.17) is 9.15 Å². The third-order valence-corrected chi connectivity index (χ3v) is 4.42. The number of aromatic nitrogens is 2. The van der Waals surface area contributed by atoms with Gasteiger partial charge in [0.25, 0.3) is 0 Å². The molecule has 10 heteroatoms. The van der Waals surface area contributed by atoms with Gasteiger partial charge in [-0.15, -0.1) is 10.2 Å². The summed E-state index contributed by atoms with van der Waals surface area (Å²) in [7, 11) is 1.58. The molecule has 0 radical (unpaired) electrons. The smallest absolute Gasteiger partial charge is 0.470 e. The maximum Gasteiger partial charge on any atom is 0.470 e. The molecule has 2 aromatic rings. The number of ether oxygens (including phenoxy) is 1. The molecule has 1 fully saturated rings. The van der Waals surface area contributed by atoms with E-state index in [0.29, 0.717) is 32.5 Å². The Morgan fingerprint density at radius 1 is 1.26 bits per heavy atom. The van der Waals surface area contributed by atoms with E-state index in [2.05, 4.69) is 15.5 Å². The minimum absolute atomic E-state index is 0.0272. The maximum atomic E-state index is 12.5. The molecule has 0 bridgehead atoms. The van der Waals surface area contributed by atoms with Crippen molar-refractivity contribution >= 4 is 6.03 Å². The number of urea groups is 1. The lowest BCUT2D eigenvalue weighted by Crippen LogP contribution is -2.43. The molecule has 0 saturated carbocycles. The van der Waals surface area contributed by atoms with E-state index in [1.807, 2.05) is 24.3 Å². The fraction of sp³-hybridized carbons (Fsp3) is 0.471. The zero-order valence-electron chi connectivity index (χ0n) is 14.6. The molecule has 0 spiro atoms. The normalized spacial score (nSPS) is 15.6. The van der Waals surface area contributed by atoms with Crippen LogP contribution in [0, 0.1) is 0 Å². The van der Waals surface area contributed by atoms with E-state index in [9.17, 15) is 18.0 Å². The summed E-state index contributed by atoms with van der Waals surface area (Å²) in [6.07, 6.45) is -3.71. The molecule has 0 unspecified atom stereocenters. The molecule has 146 valence electrons. The lowest BCUT2D eigenvalue weighted by molar-refractivity contribution is -0.157. The molecular weight excluding hydrogens is 365 g/mol. The fourth-order valence-corrected chi connectivity index (χ4v) is 2.88. The number of amides is 2. The van der Waals surface area contributed by atoms with Gasteiger partial charge in [-0.05, 0) is 30.5 Å². The summed E-state index contributed by atoms with van der Waals surface area (Å²) in [4.78, 5) is 13.9. The molecule has 0 atom stereocenters. The van der Waals surface area contributed by atoms with E-state index in [-0.39, 0.29) is 17.8 Å². The fourth-order valence-electron chi connectivity index (χ4n) is 2.88. The molecule has 1 aliphatic heterocycles. The van der Waals surface area contributed by atoms with Gasteiger partial charge in [-0.25, -0.2) is 4.79 Å². The molecule has 7 nitrogen and oxygen atoms in total. The van der Waals surface area contributed by atoms with Gasteiger partial charge >= 0.3 is 18.1 Å². The number of likely N-dealkylation sites (tertiary alicyclic amines) is 1. The first-order valence-corrected chi connectivity index (χ1v) is 8.43. The number of nitrogens with one attached hydrogen (secondary N) is 1. The number of carbonyl (C=O) groups is 1. The van der Waals surface area contributed by atoms with Gasteiger partial charge in [0.15, 0.2) is 0 Å². The number of hydrogen-bond donors (Lipinski definition) is 1. The van der Waals surface area contributed by atoms with Crippen LogP contribution in [-0.2, 0) is 12.7 Å². The number of rotatable bonds is 4. The number of benzene rings is 1. The predicted molar refractivity (Wildman–Crippen MR) is 88.1 cm³/mol. The van der Waals surface area contributed by atoms with E-state index >= 15 is 0 Å². The first-order chi connectivity index (χ1) is 12.9. The second kappa shape index (κ2) is 7.85. The Labute approximate surface area is 153 Å². The Bertz CT molecular complexity index is 768. The van der Waals surface area contributed by atoms with Crippen LogP contribution in [0.2, 0.25) is 0 Å². The van der Waals surface area contributed by atoms with E-state index in [1.54, 1.807) is 12.0 Å². The van der Waals surface area contributed by atoms with Gasteiger partial charge in [0.1, 0.15) is 5.75 Å². The predicted octanol–water partition coefficient (Wildman–Crippen LogP) is 3.19. The highest BCUT2D eigenvalue weighted by atomic mass is 19.4. The lowest BCUT2D eigenvalue weighted by Gasteiger charge is -2.30. The van der Waals surface area contributed by atoms with E-state index < -0.39 is 12.1 Å². The molecule has 1 saturated heterocycles. The van der Waals surface area contributed by atoms with Crippen molar-refractivity contribution in [3.05, 3.63) is 41.6 Å². The Hall–Kier alpha value is -2.78. The molecule has 1 aliphatic rings. The highest BCUT2D eigenvalue weighted by Crippen LogP contribution is 2.32. The molecule has 27 heavy (non-hydrogen) atoms. The first-order valence-electron chi connectivity index (χ1n) is 8.43. The highest BCUT2D eigenvalue weighted by Gasteiger charge is 2.39. The average Bonchev–Trinajstić information content (AvgIpc) is 3.17. The minimum atomic E-state index is -4.65. The quantitative estimate of drug-likeness (QED) is 0.876. The van der Waals surface area contributed by atoms with Gasteiger partial charge in [-0.1, -0.05) is 12.1 Å². The van der Waals surface area contributed by atoms with Crippen molar-refractivity contribution in [2.45, 2.75) is 31.5 Å². The van der Waals surface area contributed by atoms with Crippen molar-refractivity contribution < 1.29 is 27.1 Å². The van der Waals surface area contributed by atoms with Crippen LogP contribution in [0.5, 0.6) is 5.75 Å². The summed E-state index contributed by atoms with van der Waals surface area (Å²) >= 11 is 0. The van der Waals surface area contributed by atoms with Crippen LogP contribution in [0.4, 0.5) is 18.0 Å². The summed E-state index contributed by atoms with van der Waals surface area (Å²) < 4.78 is 47.4. The van der Waals surface area contributed by atoms with Crippen molar-refractivity contribution in [2.24, 2.45) is 0 Å². The number of halogens is 3. The average molecular weight is 384 g/mol. The lowest BCUT2D eigenvalue weighted by atomic mass is 9.97. The van der Waals surface area contributed by atoms with Crippen molar-refractivity contribution in [3.8, 4) is 5.75 Å². The number of alkyl halides is 3. The van der Waals surface area contributed by atoms with Crippen LogP contribution in [0.3, 0.4) is 0 Å². The van der Waals surface area contributed by atoms with Gasteiger partial charge in [0.2, 0.25) is 5.89 Å². The third-order valence-electron chi connectivity index (χ3n) is 4.42. The molecular formula is C17H19F3N4O3. The summed E-state index contributed by atoms with van der Waals surface area (Å²) in [5, 5.41) is 9.38. The van der Waals surface area contributed by atoms with Crippen LogP contribution in [0.15, 0.2) is 28.7 Å². The van der Waals surface area contributed by atoms with Crippen molar-refractivity contribution in [1.29, 1.82) is 0 Å².